The quantitative estimate of drug-likeness (QED) is 0.194. The van der Waals surface area contributed by atoms with Gasteiger partial charge in [-0.15, -0.1) is 23.5 Å². The van der Waals surface area contributed by atoms with E-state index in [1.807, 2.05) is 6.92 Å². The number of hydrogen-bond donors (Lipinski definition) is 0. The fourth-order valence-electron chi connectivity index (χ4n) is 3.24. The molecule has 0 saturated carbocycles. The van der Waals surface area contributed by atoms with Crippen LogP contribution in [0.3, 0.4) is 0 Å². The molecule has 0 N–H and O–H groups in total. The van der Waals surface area contributed by atoms with Crippen LogP contribution in [0, 0.1) is 6.92 Å². The Morgan fingerprint density at radius 2 is 1.55 bits per heavy atom. The van der Waals surface area contributed by atoms with E-state index in [1.54, 1.807) is 47.8 Å². The maximum absolute atomic E-state index is 13.3. The lowest BCUT2D eigenvalue weighted by molar-refractivity contribution is 0.0566. The number of rotatable bonds is 10. The lowest BCUT2D eigenvalue weighted by Gasteiger charge is -2.39. The zero-order chi connectivity index (χ0) is 25.2. The summed E-state index contributed by atoms with van der Waals surface area (Å²) >= 11 is 3.59. The molecule has 0 aromatic heterocycles. The van der Waals surface area contributed by atoms with E-state index in [9.17, 15) is 8.42 Å². The molecule has 1 aromatic rings. The third-order valence-electron chi connectivity index (χ3n) is 6.02. The van der Waals surface area contributed by atoms with Crippen LogP contribution in [0.2, 0.25) is 18.1 Å². The molecular formula is C24H42O5S3Si. The third kappa shape index (κ3) is 7.98. The first kappa shape index (κ1) is 29.2. The van der Waals surface area contributed by atoms with Gasteiger partial charge in [0.2, 0.25) is 0 Å². The highest BCUT2D eigenvalue weighted by Crippen LogP contribution is 2.43. The van der Waals surface area contributed by atoms with Gasteiger partial charge in [-0.25, -0.2) is 0 Å². The molecule has 0 radical (unpaired) electrons. The SMILES string of the molecule is Cc1ccc(S(=O)(=O)O[C@H]2[C@H](O[Si](C)(C)C(C)(C)C)CO[C@H]2C(SC(C)C)SC(C)C)cc1. The highest BCUT2D eigenvalue weighted by Gasteiger charge is 2.50. The van der Waals surface area contributed by atoms with Crippen LogP contribution in [-0.2, 0) is 23.5 Å². The van der Waals surface area contributed by atoms with Gasteiger partial charge in [-0.1, -0.05) is 66.2 Å². The molecule has 5 nitrogen and oxygen atoms in total. The predicted molar refractivity (Wildman–Crippen MR) is 144 cm³/mol. The van der Waals surface area contributed by atoms with E-state index in [0.717, 1.165) is 5.56 Å². The number of benzene rings is 1. The van der Waals surface area contributed by atoms with E-state index in [-0.39, 0.29) is 20.6 Å². The molecule has 1 aliphatic rings. The Bertz CT molecular complexity index is 853. The monoisotopic (exact) mass is 534 g/mol. The lowest BCUT2D eigenvalue weighted by Crippen LogP contribution is -2.49. The van der Waals surface area contributed by atoms with Gasteiger partial charge in [-0.05, 0) is 37.2 Å². The summed E-state index contributed by atoms with van der Waals surface area (Å²) in [5.74, 6) is 0. The first-order valence-electron chi connectivity index (χ1n) is 11.6. The van der Waals surface area contributed by atoms with Crippen molar-refractivity contribution < 1.29 is 21.8 Å². The Balaban J connectivity index is 2.41. The Hall–Kier alpha value is -0.0331. The molecule has 9 heteroatoms. The van der Waals surface area contributed by atoms with E-state index in [4.69, 9.17) is 13.3 Å². The van der Waals surface area contributed by atoms with Crippen molar-refractivity contribution in [2.24, 2.45) is 0 Å². The van der Waals surface area contributed by atoms with Crippen molar-refractivity contribution in [2.45, 2.75) is 112 Å². The zero-order valence-electron chi connectivity index (χ0n) is 21.7. The summed E-state index contributed by atoms with van der Waals surface area (Å²) < 4.78 is 45.5. The summed E-state index contributed by atoms with van der Waals surface area (Å²) in [6.07, 6.45) is -1.52. The molecule has 0 unspecified atom stereocenters. The van der Waals surface area contributed by atoms with Gasteiger partial charge in [-0.2, -0.15) is 8.42 Å². The Kier molecular flexibility index (Phi) is 10.0. The fraction of sp³-hybridized carbons (Fsp3) is 0.750. The van der Waals surface area contributed by atoms with Crippen molar-refractivity contribution in [3.8, 4) is 0 Å². The molecule has 1 saturated heterocycles. The topological polar surface area (TPSA) is 61.8 Å². The molecule has 1 heterocycles. The molecule has 3 atom stereocenters. The summed E-state index contributed by atoms with van der Waals surface area (Å²) in [6, 6.07) is 6.77. The molecule has 190 valence electrons. The van der Waals surface area contributed by atoms with Gasteiger partial charge in [-0.3, -0.25) is 4.18 Å². The van der Waals surface area contributed by atoms with Crippen LogP contribution in [0.5, 0.6) is 0 Å². The number of ether oxygens (including phenoxy) is 1. The Morgan fingerprint density at radius 1 is 1.03 bits per heavy atom. The summed E-state index contributed by atoms with van der Waals surface area (Å²) in [5, 5.41) is 0.740. The second-order valence-corrected chi connectivity index (χ2v) is 20.9. The lowest BCUT2D eigenvalue weighted by atomic mass is 10.2. The minimum atomic E-state index is -3.97. The maximum Gasteiger partial charge on any atom is 0.297 e. The van der Waals surface area contributed by atoms with Gasteiger partial charge in [0, 0.05) is 10.5 Å². The average Bonchev–Trinajstić information content (AvgIpc) is 3.01. The first-order valence-corrected chi connectivity index (χ1v) is 17.8. The summed E-state index contributed by atoms with van der Waals surface area (Å²) in [6.45, 7) is 21.7. The van der Waals surface area contributed by atoms with E-state index >= 15 is 0 Å². The molecule has 0 bridgehead atoms. The highest BCUT2D eigenvalue weighted by atomic mass is 32.2. The van der Waals surface area contributed by atoms with E-state index < -0.39 is 30.6 Å². The summed E-state index contributed by atoms with van der Waals surface area (Å²) in [4.78, 5) is 0.161. The Morgan fingerprint density at radius 3 is 2.00 bits per heavy atom. The van der Waals surface area contributed by atoms with Crippen molar-refractivity contribution in [1.82, 2.24) is 0 Å². The molecule has 0 aliphatic carbocycles. The van der Waals surface area contributed by atoms with Gasteiger partial charge >= 0.3 is 0 Å². The van der Waals surface area contributed by atoms with Crippen LogP contribution in [0.1, 0.15) is 54.0 Å². The van der Waals surface area contributed by atoms with Crippen molar-refractivity contribution in [3.63, 3.8) is 0 Å². The molecule has 0 spiro atoms. The van der Waals surface area contributed by atoms with E-state index in [0.29, 0.717) is 17.1 Å². The maximum atomic E-state index is 13.3. The van der Waals surface area contributed by atoms with Crippen LogP contribution < -0.4 is 0 Å². The first-order chi connectivity index (χ1) is 15.0. The van der Waals surface area contributed by atoms with Crippen LogP contribution in [0.15, 0.2) is 29.2 Å². The van der Waals surface area contributed by atoms with Crippen molar-refractivity contribution in [1.29, 1.82) is 0 Å². The normalized spacial score (nSPS) is 22.6. The molecular weight excluding hydrogens is 493 g/mol. The van der Waals surface area contributed by atoms with E-state index in [1.165, 1.54) is 0 Å². The molecule has 1 aromatic carbocycles. The van der Waals surface area contributed by atoms with Gasteiger partial charge in [0.05, 0.1) is 22.2 Å². The van der Waals surface area contributed by atoms with Gasteiger partial charge in [0.25, 0.3) is 10.1 Å². The summed E-state index contributed by atoms with van der Waals surface area (Å²) in [5.41, 5.74) is 0.997. The van der Waals surface area contributed by atoms with Crippen molar-refractivity contribution in [2.75, 3.05) is 6.61 Å². The summed E-state index contributed by atoms with van der Waals surface area (Å²) in [7, 11) is -6.14. The smallest absolute Gasteiger partial charge is 0.297 e. The zero-order valence-corrected chi connectivity index (χ0v) is 25.2. The van der Waals surface area contributed by atoms with Crippen molar-refractivity contribution in [3.05, 3.63) is 29.8 Å². The minimum absolute atomic E-state index is 0.00969. The second-order valence-electron chi connectivity index (χ2n) is 10.8. The van der Waals surface area contributed by atoms with Gasteiger partial charge in [0.15, 0.2) is 8.32 Å². The van der Waals surface area contributed by atoms with Crippen LogP contribution in [-0.4, -0.2) is 56.7 Å². The number of aryl methyl sites for hydroxylation is 1. The van der Waals surface area contributed by atoms with Gasteiger partial charge in [0.1, 0.15) is 12.2 Å². The van der Waals surface area contributed by atoms with E-state index in [2.05, 4.69) is 61.6 Å². The number of thioether (sulfide) groups is 2. The molecule has 1 aliphatic heterocycles. The second kappa shape index (κ2) is 11.4. The molecule has 0 amide bonds. The molecule has 2 rings (SSSR count). The van der Waals surface area contributed by atoms with Gasteiger partial charge < -0.3 is 9.16 Å². The van der Waals surface area contributed by atoms with Crippen LogP contribution >= 0.6 is 23.5 Å². The predicted octanol–water partition coefficient (Wildman–Crippen LogP) is 6.47. The minimum Gasteiger partial charge on any atom is -0.409 e. The fourth-order valence-corrected chi connectivity index (χ4v) is 9.10. The highest BCUT2D eigenvalue weighted by molar-refractivity contribution is 8.17. The number of hydrogen-bond acceptors (Lipinski definition) is 7. The largest absolute Gasteiger partial charge is 0.409 e. The van der Waals surface area contributed by atoms with Crippen molar-refractivity contribution >= 4 is 42.0 Å². The third-order valence-corrected chi connectivity index (χ3v) is 14.7. The molecule has 33 heavy (non-hydrogen) atoms. The molecule has 1 fully saturated rings. The van der Waals surface area contributed by atoms with Crippen LogP contribution in [0.4, 0.5) is 0 Å². The Labute approximate surface area is 211 Å². The van der Waals surface area contributed by atoms with Crippen LogP contribution in [0.25, 0.3) is 0 Å². The average molecular weight is 535 g/mol. The standard InChI is InChI=1S/C24H42O5S3Si/c1-16(2)30-23(31-17(3)4)22-21(20(15-27-22)29-33(9,10)24(6,7)8)28-32(25,26)19-13-11-18(5)12-14-19/h11-14,16-17,20-23H,15H2,1-10H3/t20-,21+,22-/m1/s1.